The number of nitrogen functional groups attached to an aromatic ring is 1. The number of carboxylic acids is 1. The first-order valence-corrected chi connectivity index (χ1v) is 5.55. The van der Waals surface area contributed by atoms with Crippen LogP contribution >= 0.6 is 0 Å². The lowest BCUT2D eigenvalue weighted by Gasteiger charge is -2.06. The summed E-state index contributed by atoms with van der Waals surface area (Å²) in [6.07, 6.45) is 2.40. The first-order valence-electron chi connectivity index (χ1n) is 5.55. The van der Waals surface area contributed by atoms with Crippen molar-refractivity contribution in [3.63, 3.8) is 0 Å². The molecule has 0 saturated carbocycles. The Morgan fingerprint density at radius 1 is 1.37 bits per heavy atom. The van der Waals surface area contributed by atoms with E-state index >= 15 is 0 Å². The molecule has 3 N–H and O–H groups in total. The summed E-state index contributed by atoms with van der Waals surface area (Å²) in [4.78, 5) is 10.4. The van der Waals surface area contributed by atoms with Gasteiger partial charge in [-0.15, -0.1) is 0 Å². The van der Waals surface area contributed by atoms with Crippen LogP contribution in [0.4, 0.5) is 5.69 Å². The lowest BCUT2D eigenvalue weighted by atomic mass is 10.1. The van der Waals surface area contributed by atoms with Crippen molar-refractivity contribution in [1.29, 1.82) is 0 Å². The van der Waals surface area contributed by atoms with E-state index in [0.29, 0.717) is 23.0 Å². The number of ether oxygens (including phenoxy) is 1. The van der Waals surface area contributed by atoms with Gasteiger partial charge in [-0.25, -0.2) is 4.79 Å². The molecule has 0 spiro atoms. The molecular weight excluding hydrogens is 246 g/mol. The monoisotopic (exact) mass is 259 g/mol. The summed E-state index contributed by atoms with van der Waals surface area (Å²) in [7, 11) is 1.55. The highest BCUT2D eigenvalue weighted by atomic mass is 16.5. The Hall–Kier alpha value is -2.69. The summed E-state index contributed by atoms with van der Waals surface area (Å²) in [5, 5.41) is 8.55. The van der Waals surface area contributed by atoms with Crippen molar-refractivity contribution < 1.29 is 19.1 Å². The number of methoxy groups -OCH3 is 1. The fraction of sp³-hybridized carbons (Fsp3) is 0.0714. The number of benzene rings is 1. The third-order valence-electron chi connectivity index (χ3n) is 2.51. The quantitative estimate of drug-likeness (QED) is 0.651. The van der Waals surface area contributed by atoms with Crippen molar-refractivity contribution >= 4 is 17.7 Å². The van der Waals surface area contributed by atoms with Crippen molar-refractivity contribution in [2.24, 2.45) is 0 Å². The molecule has 0 saturated heterocycles. The van der Waals surface area contributed by atoms with Crippen molar-refractivity contribution in [2.75, 3.05) is 12.8 Å². The Balaban J connectivity index is 2.35. The van der Waals surface area contributed by atoms with E-state index in [1.165, 1.54) is 6.08 Å². The number of carboxylic acid groups (broad SMARTS) is 1. The number of hydrogen-bond acceptors (Lipinski definition) is 4. The molecule has 5 heteroatoms. The summed E-state index contributed by atoms with van der Waals surface area (Å²) in [5.41, 5.74) is 7.03. The molecule has 0 unspecified atom stereocenters. The topological polar surface area (TPSA) is 85.7 Å². The Bertz CT molecular complexity index is 628. The van der Waals surface area contributed by atoms with Crippen LogP contribution in [0.15, 0.2) is 40.8 Å². The lowest BCUT2D eigenvalue weighted by Crippen LogP contribution is -1.90. The molecule has 2 aromatic rings. The number of anilines is 1. The second-order valence-corrected chi connectivity index (χ2v) is 3.83. The SMILES string of the molecule is COc1cc(N)ccc1-c1ccc(/C=C/C(=O)O)o1. The molecule has 0 atom stereocenters. The molecule has 19 heavy (non-hydrogen) atoms. The van der Waals surface area contributed by atoms with Gasteiger partial charge in [-0.3, -0.25) is 0 Å². The highest BCUT2D eigenvalue weighted by Gasteiger charge is 2.10. The van der Waals surface area contributed by atoms with Gasteiger partial charge >= 0.3 is 5.97 Å². The van der Waals surface area contributed by atoms with Crippen molar-refractivity contribution in [3.05, 3.63) is 42.2 Å². The summed E-state index contributed by atoms with van der Waals surface area (Å²) in [6.45, 7) is 0. The van der Waals surface area contributed by atoms with Crippen LogP contribution in [0.5, 0.6) is 5.75 Å². The first kappa shape index (κ1) is 12.8. The van der Waals surface area contributed by atoms with Crippen LogP contribution in [-0.2, 0) is 4.79 Å². The van der Waals surface area contributed by atoms with Gasteiger partial charge in [0.25, 0.3) is 0 Å². The summed E-state index contributed by atoms with van der Waals surface area (Å²) >= 11 is 0. The Morgan fingerprint density at radius 3 is 2.84 bits per heavy atom. The molecule has 2 rings (SSSR count). The van der Waals surface area contributed by atoms with Gasteiger partial charge < -0.3 is 20.0 Å². The molecule has 98 valence electrons. The highest BCUT2D eigenvalue weighted by Crippen LogP contribution is 2.33. The van der Waals surface area contributed by atoms with Gasteiger partial charge in [0.1, 0.15) is 17.3 Å². The van der Waals surface area contributed by atoms with Crippen molar-refractivity contribution in [1.82, 2.24) is 0 Å². The highest BCUT2D eigenvalue weighted by molar-refractivity contribution is 5.85. The molecule has 5 nitrogen and oxygen atoms in total. The molecule has 0 aliphatic carbocycles. The molecule has 1 heterocycles. The van der Waals surface area contributed by atoms with Gasteiger partial charge in [0, 0.05) is 17.8 Å². The van der Waals surface area contributed by atoms with E-state index in [1.807, 2.05) is 0 Å². The molecular formula is C14H13NO4. The van der Waals surface area contributed by atoms with Gasteiger partial charge in [0.05, 0.1) is 12.7 Å². The normalized spacial score (nSPS) is 10.8. The van der Waals surface area contributed by atoms with Crippen LogP contribution in [0.2, 0.25) is 0 Å². The molecule has 1 aromatic carbocycles. The van der Waals surface area contributed by atoms with E-state index in [2.05, 4.69) is 0 Å². The molecule has 0 amide bonds. The minimum atomic E-state index is -1.02. The smallest absolute Gasteiger partial charge is 0.328 e. The second kappa shape index (κ2) is 5.30. The number of aliphatic carboxylic acids is 1. The van der Waals surface area contributed by atoms with Crippen LogP contribution < -0.4 is 10.5 Å². The predicted molar refractivity (Wildman–Crippen MR) is 71.8 cm³/mol. The predicted octanol–water partition coefficient (Wildman–Crippen LogP) is 2.64. The maximum Gasteiger partial charge on any atom is 0.328 e. The van der Waals surface area contributed by atoms with Gasteiger partial charge in [-0.05, 0) is 30.3 Å². The zero-order chi connectivity index (χ0) is 13.8. The molecule has 0 fully saturated rings. The van der Waals surface area contributed by atoms with Gasteiger partial charge in [-0.1, -0.05) is 0 Å². The Morgan fingerprint density at radius 2 is 2.16 bits per heavy atom. The van der Waals surface area contributed by atoms with Crippen LogP contribution in [0.3, 0.4) is 0 Å². The van der Waals surface area contributed by atoms with Gasteiger partial charge in [0.2, 0.25) is 0 Å². The maximum absolute atomic E-state index is 10.4. The van der Waals surface area contributed by atoms with Crippen LogP contribution in [0, 0.1) is 0 Å². The second-order valence-electron chi connectivity index (χ2n) is 3.83. The van der Waals surface area contributed by atoms with Crippen molar-refractivity contribution in [3.8, 4) is 17.1 Å². The lowest BCUT2D eigenvalue weighted by molar-refractivity contribution is -0.131. The fourth-order valence-corrected chi connectivity index (χ4v) is 1.65. The molecule has 0 bridgehead atoms. The standard InChI is InChI=1S/C14H13NO4/c1-18-13-8-9(15)2-5-11(13)12-6-3-10(19-12)4-7-14(16)17/h2-8H,15H2,1H3,(H,16,17)/b7-4+. The van der Waals surface area contributed by atoms with E-state index in [-0.39, 0.29) is 0 Å². The van der Waals surface area contributed by atoms with E-state index in [9.17, 15) is 4.79 Å². The van der Waals surface area contributed by atoms with Gasteiger partial charge in [-0.2, -0.15) is 0 Å². The van der Waals surface area contributed by atoms with E-state index < -0.39 is 5.97 Å². The third-order valence-corrected chi connectivity index (χ3v) is 2.51. The summed E-state index contributed by atoms with van der Waals surface area (Å²) in [5.74, 6) is 0.615. The maximum atomic E-state index is 10.4. The number of hydrogen-bond donors (Lipinski definition) is 2. The third kappa shape index (κ3) is 2.95. The van der Waals surface area contributed by atoms with Crippen LogP contribution in [-0.4, -0.2) is 18.2 Å². The fourth-order valence-electron chi connectivity index (χ4n) is 1.65. The summed E-state index contributed by atoms with van der Waals surface area (Å²) < 4.78 is 10.8. The van der Waals surface area contributed by atoms with Crippen LogP contribution in [0.25, 0.3) is 17.4 Å². The van der Waals surface area contributed by atoms with E-state index in [0.717, 1.165) is 11.6 Å². The zero-order valence-electron chi connectivity index (χ0n) is 10.3. The molecule has 0 radical (unpaired) electrons. The minimum absolute atomic E-state index is 0.455. The first-order chi connectivity index (χ1) is 9.10. The number of carbonyl (C=O) groups is 1. The number of rotatable bonds is 4. The molecule has 0 aliphatic rings. The Labute approximate surface area is 109 Å². The van der Waals surface area contributed by atoms with Crippen molar-refractivity contribution in [2.45, 2.75) is 0 Å². The zero-order valence-corrected chi connectivity index (χ0v) is 10.3. The molecule has 1 aromatic heterocycles. The van der Waals surface area contributed by atoms with E-state index in [1.54, 1.807) is 37.4 Å². The van der Waals surface area contributed by atoms with Gasteiger partial charge in [0.15, 0.2) is 0 Å². The largest absolute Gasteiger partial charge is 0.496 e. The minimum Gasteiger partial charge on any atom is -0.496 e. The number of furan rings is 1. The summed E-state index contributed by atoms with van der Waals surface area (Å²) in [6, 6.07) is 8.66. The average Bonchev–Trinajstić information content (AvgIpc) is 2.84. The van der Waals surface area contributed by atoms with E-state index in [4.69, 9.17) is 20.0 Å². The number of nitrogens with two attached hydrogens (primary N) is 1. The van der Waals surface area contributed by atoms with Crippen LogP contribution in [0.1, 0.15) is 5.76 Å². The Kier molecular flexibility index (Phi) is 3.56. The average molecular weight is 259 g/mol. The molecule has 0 aliphatic heterocycles.